The predicted molar refractivity (Wildman–Crippen MR) is 72.3 cm³/mol. The fraction of sp³-hybridized carbons (Fsp3) is 0.571. The molecule has 0 radical (unpaired) electrons. The Morgan fingerprint density at radius 3 is 2.50 bits per heavy atom. The van der Waals surface area contributed by atoms with E-state index in [1.54, 1.807) is 21.1 Å². The molecule has 0 aliphatic heterocycles. The quantitative estimate of drug-likeness (QED) is 0.781. The number of rotatable bonds is 7. The van der Waals surface area contributed by atoms with Crippen molar-refractivity contribution in [3.8, 4) is 11.5 Å². The van der Waals surface area contributed by atoms with E-state index in [0.29, 0.717) is 0 Å². The van der Waals surface area contributed by atoms with Crippen LogP contribution >= 0.6 is 0 Å². The Kier molecular flexibility index (Phi) is 5.95. The molecule has 1 aromatic carbocycles. The van der Waals surface area contributed by atoms with Crippen LogP contribution in [0, 0.1) is 0 Å². The number of hydrogen-bond acceptors (Lipinski definition) is 4. The largest absolute Gasteiger partial charge is 0.497 e. The van der Waals surface area contributed by atoms with Crippen LogP contribution in [0.25, 0.3) is 0 Å². The molecule has 0 bridgehead atoms. The third-order valence-corrected chi connectivity index (χ3v) is 2.92. The van der Waals surface area contributed by atoms with Crippen molar-refractivity contribution >= 4 is 0 Å². The monoisotopic (exact) mass is 253 g/mol. The van der Waals surface area contributed by atoms with Crippen LogP contribution in [0.15, 0.2) is 18.2 Å². The van der Waals surface area contributed by atoms with Crippen LogP contribution in [0.3, 0.4) is 0 Å². The molecule has 102 valence electrons. The third kappa shape index (κ3) is 4.20. The first-order valence-corrected chi connectivity index (χ1v) is 6.21. The average Bonchev–Trinajstić information content (AvgIpc) is 2.37. The van der Waals surface area contributed by atoms with Crippen LogP contribution in [0.2, 0.25) is 0 Å². The Morgan fingerprint density at radius 1 is 1.22 bits per heavy atom. The summed E-state index contributed by atoms with van der Waals surface area (Å²) in [6.07, 6.45) is 0.463. The summed E-state index contributed by atoms with van der Waals surface area (Å²) in [6, 6.07) is 5.97. The molecule has 0 amide bonds. The van der Waals surface area contributed by atoms with Crippen LogP contribution in [0.1, 0.15) is 31.9 Å². The lowest BCUT2D eigenvalue weighted by atomic mass is 10.1. The summed E-state index contributed by atoms with van der Waals surface area (Å²) >= 11 is 0. The zero-order valence-corrected chi connectivity index (χ0v) is 11.6. The summed E-state index contributed by atoms with van der Waals surface area (Å²) in [5.41, 5.74) is 1.09. The van der Waals surface area contributed by atoms with Crippen LogP contribution in [-0.2, 0) is 0 Å². The lowest BCUT2D eigenvalue weighted by Crippen LogP contribution is -2.23. The molecule has 1 aromatic rings. The van der Waals surface area contributed by atoms with Gasteiger partial charge in [-0.05, 0) is 32.9 Å². The van der Waals surface area contributed by atoms with Crippen molar-refractivity contribution in [2.75, 3.05) is 20.8 Å². The summed E-state index contributed by atoms with van der Waals surface area (Å²) in [5, 5.41) is 12.6. The molecule has 4 heteroatoms. The number of nitrogens with one attached hydrogen (secondary N) is 1. The van der Waals surface area contributed by atoms with E-state index in [-0.39, 0.29) is 12.1 Å². The second kappa shape index (κ2) is 7.24. The molecule has 0 aliphatic carbocycles. The Morgan fingerprint density at radius 2 is 1.94 bits per heavy atom. The lowest BCUT2D eigenvalue weighted by Gasteiger charge is -2.18. The number of aliphatic hydroxyl groups excluding tert-OH is 1. The Labute approximate surface area is 109 Å². The molecule has 18 heavy (non-hydrogen) atoms. The van der Waals surface area contributed by atoms with Gasteiger partial charge in [0.15, 0.2) is 0 Å². The van der Waals surface area contributed by atoms with Gasteiger partial charge in [0.05, 0.1) is 20.3 Å². The summed E-state index contributed by atoms with van der Waals surface area (Å²) in [5.74, 6) is 1.60. The van der Waals surface area contributed by atoms with E-state index < -0.39 is 0 Å². The molecule has 2 unspecified atom stereocenters. The van der Waals surface area contributed by atoms with E-state index in [1.807, 2.05) is 18.2 Å². The molecule has 0 saturated heterocycles. The van der Waals surface area contributed by atoms with E-state index in [2.05, 4.69) is 12.2 Å². The topological polar surface area (TPSA) is 50.7 Å². The van der Waals surface area contributed by atoms with Gasteiger partial charge in [-0.25, -0.2) is 0 Å². The van der Waals surface area contributed by atoms with Gasteiger partial charge in [-0.3, -0.25) is 0 Å². The number of benzene rings is 1. The highest BCUT2D eigenvalue weighted by Crippen LogP contribution is 2.29. The second-order valence-electron chi connectivity index (χ2n) is 4.42. The highest BCUT2D eigenvalue weighted by molar-refractivity contribution is 5.42. The van der Waals surface area contributed by atoms with E-state index in [9.17, 15) is 5.11 Å². The minimum atomic E-state index is -0.275. The minimum absolute atomic E-state index is 0.171. The van der Waals surface area contributed by atoms with E-state index in [0.717, 1.165) is 30.0 Å². The number of aliphatic hydroxyl groups is 1. The molecule has 2 N–H and O–H groups in total. The van der Waals surface area contributed by atoms with Gasteiger partial charge < -0.3 is 19.9 Å². The van der Waals surface area contributed by atoms with Crippen LogP contribution in [-0.4, -0.2) is 32.0 Å². The maximum Gasteiger partial charge on any atom is 0.127 e. The van der Waals surface area contributed by atoms with Crippen molar-refractivity contribution in [2.45, 2.75) is 32.4 Å². The smallest absolute Gasteiger partial charge is 0.127 e. The van der Waals surface area contributed by atoms with Gasteiger partial charge in [0.1, 0.15) is 11.5 Å². The first-order chi connectivity index (χ1) is 8.58. The molecule has 0 aromatic heterocycles. The maximum atomic E-state index is 9.22. The summed E-state index contributed by atoms with van der Waals surface area (Å²) < 4.78 is 10.5. The van der Waals surface area contributed by atoms with Gasteiger partial charge >= 0.3 is 0 Å². The molecule has 0 saturated carbocycles. The van der Waals surface area contributed by atoms with Crippen molar-refractivity contribution in [1.29, 1.82) is 0 Å². The Balaban J connectivity index is 2.69. The number of hydrogen-bond donors (Lipinski definition) is 2. The average molecular weight is 253 g/mol. The van der Waals surface area contributed by atoms with Crippen LogP contribution in [0.5, 0.6) is 11.5 Å². The van der Waals surface area contributed by atoms with E-state index >= 15 is 0 Å². The van der Waals surface area contributed by atoms with Crippen LogP contribution < -0.4 is 14.8 Å². The molecule has 2 atom stereocenters. The van der Waals surface area contributed by atoms with Crippen molar-refractivity contribution in [1.82, 2.24) is 5.32 Å². The first-order valence-electron chi connectivity index (χ1n) is 6.21. The Bertz CT molecular complexity index is 366. The van der Waals surface area contributed by atoms with Gasteiger partial charge in [-0.1, -0.05) is 6.07 Å². The Hall–Kier alpha value is -1.26. The summed E-state index contributed by atoms with van der Waals surface area (Å²) in [6.45, 7) is 4.64. The molecule has 4 nitrogen and oxygen atoms in total. The second-order valence-corrected chi connectivity index (χ2v) is 4.42. The number of methoxy groups -OCH3 is 2. The molecule has 0 heterocycles. The third-order valence-electron chi connectivity index (χ3n) is 2.92. The van der Waals surface area contributed by atoms with Gasteiger partial charge in [0.2, 0.25) is 0 Å². The van der Waals surface area contributed by atoms with Crippen molar-refractivity contribution in [2.24, 2.45) is 0 Å². The molecule has 0 aliphatic rings. The molecular weight excluding hydrogens is 230 g/mol. The normalized spacial score (nSPS) is 14.1. The zero-order chi connectivity index (χ0) is 13.5. The summed E-state index contributed by atoms with van der Waals surface area (Å²) in [7, 11) is 3.29. The standard InChI is InChI=1S/C14H23NO3/c1-10(16)7-8-15-11(2)13-6-5-12(17-3)9-14(13)18-4/h5-6,9-11,15-16H,7-8H2,1-4H3. The van der Waals surface area contributed by atoms with Crippen molar-refractivity contribution in [3.05, 3.63) is 23.8 Å². The van der Waals surface area contributed by atoms with Crippen molar-refractivity contribution in [3.63, 3.8) is 0 Å². The van der Waals surface area contributed by atoms with Crippen LogP contribution in [0.4, 0.5) is 0 Å². The lowest BCUT2D eigenvalue weighted by molar-refractivity contribution is 0.182. The van der Waals surface area contributed by atoms with Gasteiger partial charge in [-0.15, -0.1) is 0 Å². The molecule has 1 rings (SSSR count). The first kappa shape index (κ1) is 14.8. The minimum Gasteiger partial charge on any atom is -0.497 e. The fourth-order valence-electron chi connectivity index (χ4n) is 1.79. The molecule has 0 fully saturated rings. The molecular formula is C14H23NO3. The SMILES string of the molecule is COc1ccc(C(C)NCCC(C)O)c(OC)c1. The summed E-state index contributed by atoms with van der Waals surface area (Å²) in [4.78, 5) is 0. The molecule has 0 spiro atoms. The van der Waals surface area contributed by atoms with Gasteiger partial charge in [0.25, 0.3) is 0 Å². The zero-order valence-electron chi connectivity index (χ0n) is 11.6. The van der Waals surface area contributed by atoms with Gasteiger partial charge in [0, 0.05) is 17.7 Å². The highest BCUT2D eigenvalue weighted by atomic mass is 16.5. The van der Waals surface area contributed by atoms with E-state index in [1.165, 1.54) is 0 Å². The number of ether oxygens (including phenoxy) is 2. The highest BCUT2D eigenvalue weighted by Gasteiger charge is 2.12. The fourth-order valence-corrected chi connectivity index (χ4v) is 1.79. The van der Waals surface area contributed by atoms with Crippen molar-refractivity contribution < 1.29 is 14.6 Å². The van der Waals surface area contributed by atoms with Gasteiger partial charge in [-0.2, -0.15) is 0 Å². The maximum absolute atomic E-state index is 9.22. The van der Waals surface area contributed by atoms with E-state index in [4.69, 9.17) is 9.47 Å². The predicted octanol–water partition coefficient (Wildman–Crippen LogP) is 2.13.